The monoisotopic (exact) mass is 429 g/mol. The van der Waals surface area contributed by atoms with Crippen molar-refractivity contribution in [3.8, 4) is 0 Å². The Morgan fingerprint density at radius 2 is 2.03 bits per heavy atom. The number of carbonyl (C=O) groups excluding carboxylic acids is 4. The summed E-state index contributed by atoms with van der Waals surface area (Å²) >= 11 is 5.73. The van der Waals surface area contributed by atoms with Crippen molar-refractivity contribution in [2.75, 3.05) is 0 Å². The van der Waals surface area contributed by atoms with Crippen LogP contribution in [0.25, 0.3) is 0 Å². The fraction of sp³-hybridized carbons (Fsp3) is 0.238. The molecule has 2 aromatic carbocycles. The Morgan fingerprint density at radius 1 is 1.23 bits per heavy atom. The number of nitrogens with zero attached hydrogens (tertiary/aromatic N) is 1. The lowest BCUT2D eigenvalue weighted by Gasteiger charge is -2.29. The van der Waals surface area contributed by atoms with Crippen LogP contribution in [0.3, 0.4) is 0 Å². The highest BCUT2D eigenvalue weighted by Gasteiger charge is 2.39. The van der Waals surface area contributed by atoms with E-state index in [2.05, 4.69) is 10.6 Å². The normalized spacial score (nSPS) is 18.3. The fourth-order valence-electron chi connectivity index (χ4n) is 3.73. The number of piperidine rings is 1. The van der Waals surface area contributed by atoms with Crippen LogP contribution in [0.2, 0.25) is 5.02 Å². The minimum Gasteiger partial charge on any atom is -0.348 e. The van der Waals surface area contributed by atoms with Crippen molar-refractivity contribution in [3.63, 3.8) is 0 Å². The van der Waals surface area contributed by atoms with Gasteiger partial charge in [-0.15, -0.1) is 0 Å². The van der Waals surface area contributed by atoms with E-state index in [0.29, 0.717) is 5.56 Å². The number of benzene rings is 2. The largest absolute Gasteiger partial charge is 0.348 e. The smallest absolute Gasteiger partial charge is 0.255 e. The molecule has 4 amide bonds. The first-order valence-corrected chi connectivity index (χ1v) is 9.71. The van der Waals surface area contributed by atoms with Crippen LogP contribution in [0.1, 0.15) is 44.7 Å². The van der Waals surface area contributed by atoms with E-state index in [-0.39, 0.29) is 48.3 Å². The van der Waals surface area contributed by atoms with Crippen molar-refractivity contribution in [2.45, 2.75) is 32.0 Å². The van der Waals surface area contributed by atoms with Gasteiger partial charge >= 0.3 is 0 Å². The Bertz CT molecular complexity index is 1090. The molecular formula is C21H17ClFN3O4. The SMILES string of the molecule is O=C1CCC(N2Cc3c(CNC(=O)c4ccc(F)c(Cl)c4)cccc3C2=O)C(=O)N1. The molecule has 0 aromatic heterocycles. The molecule has 30 heavy (non-hydrogen) atoms. The van der Waals surface area contributed by atoms with Gasteiger partial charge in [-0.3, -0.25) is 24.5 Å². The maximum absolute atomic E-state index is 13.3. The number of halogens is 2. The molecule has 1 unspecified atom stereocenters. The van der Waals surface area contributed by atoms with Crippen molar-refractivity contribution in [1.82, 2.24) is 15.5 Å². The highest BCUT2D eigenvalue weighted by atomic mass is 35.5. The minimum atomic E-state index is -0.702. The molecule has 2 heterocycles. The molecule has 2 aliphatic heterocycles. The highest BCUT2D eigenvalue weighted by molar-refractivity contribution is 6.31. The lowest BCUT2D eigenvalue weighted by Crippen LogP contribution is -2.52. The number of nitrogens with one attached hydrogen (secondary N) is 2. The number of hydrogen-bond donors (Lipinski definition) is 2. The molecule has 4 rings (SSSR count). The van der Waals surface area contributed by atoms with E-state index in [9.17, 15) is 23.6 Å². The first kappa shape index (κ1) is 20.0. The number of amides is 4. The Morgan fingerprint density at radius 3 is 2.77 bits per heavy atom. The van der Waals surface area contributed by atoms with Gasteiger partial charge in [-0.1, -0.05) is 23.7 Å². The molecule has 1 saturated heterocycles. The molecule has 0 saturated carbocycles. The van der Waals surface area contributed by atoms with Gasteiger partial charge in [0.25, 0.3) is 11.8 Å². The van der Waals surface area contributed by atoms with Crippen molar-refractivity contribution < 1.29 is 23.6 Å². The summed E-state index contributed by atoms with van der Waals surface area (Å²) in [4.78, 5) is 50.2. The van der Waals surface area contributed by atoms with Crippen LogP contribution in [-0.2, 0) is 22.7 Å². The van der Waals surface area contributed by atoms with E-state index >= 15 is 0 Å². The molecule has 1 fully saturated rings. The Balaban J connectivity index is 1.50. The Hall–Kier alpha value is -3.26. The van der Waals surface area contributed by atoms with Crippen LogP contribution in [0.15, 0.2) is 36.4 Å². The van der Waals surface area contributed by atoms with Gasteiger partial charge in [0.2, 0.25) is 11.8 Å². The molecular weight excluding hydrogens is 413 g/mol. The van der Waals surface area contributed by atoms with Crippen LogP contribution in [0.4, 0.5) is 4.39 Å². The second-order valence-electron chi connectivity index (χ2n) is 7.15. The summed E-state index contributed by atoms with van der Waals surface area (Å²) in [5.74, 6) is -2.14. The molecule has 0 radical (unpaired) electrons. The van der Waals surface area contributed by atoms with Crippen LogP contribution in [-0.4, -0.2) is 34.6 Å². The first-order valence-electron chi connectivity index (χ1n) is 9.34. The van der Waals surface area contributed by atoms with Gasteiger partial charge in [0.15, 0.2) is 0 Å². The maximum atomic E-state index is 13.3. The van der Waals surface area contributed by atoms with E-state index in [1.54, 1.807) is 18.2 Å². The minimum absolute atomic E-state index is 0.145. The predicted octanol–water partition coefficient (Wildman–Crippen LogP) is 2.17. The molecule has 0 spiro atoms. The van der Waals surface area contributed by atoms with E-state index < -0.39 is 23.7 Å². The van der Waals surface area contributed by atoms with Gasteiger partial charge in [0.05, 0.1) is 5.02 Å². The third-order valence-electron chi connectivity index (χ3n) is 5.30. The average molecular weight is 430 g/mol. The quantitative estimate of drug-likeness (QED) is 0.728. The van der Waals surface area contributed by atoms with Crippen molar-refractivity contribution in [2.24, 2.45) is 0 Å². The predicted molar refractivity (Wildman–Crippen MR) is 105 cm³/mol. The molecule has 2 aromatic rings. The average Bonchev–Trinajstić information content (AvgIpc) is 3.05. The van der Waals surface area contributed by atoms with Gasteiger partial charge in [0.1, 0.15) is 11.9 Å². The van der Waals surface area contributed by atoms with E-state index in [0.717, 1.165) is 17.2 Å². The number of carbonyl (C=O) groups is 4. The fourth-order valence-corrected chi connectivity index (χ4v) is 3.91. The van der Waals surface area contributed by atoms with Crippen LogP contribution >= 0.6 is 11.6 Å². The summed E-state index contributed by atoms with van der Waals surface area (Å²) < 4.78 is 13.3. The van der Waals surface area contributed by atoms with Gasteiger partial charge in [-0.2, -0.15) is 0 Å². The maximum Gasteiger partial charge on any atom is 0.255 e. The summed E-state index contributed by atoms with van der Waals surface area (Å²) in [5.41, 5.74) is 2.15. The van der Waals surface area contributed by atoms with Crippen LogP contribution in [0.5, 0.6) is 0 Å². The van der Waals surface area contributed by atoms with Crippen LogP contribution < -0.4 is 10.6 Å². The Kier molecular flexibility index (Phi) is 5.26. The van der Waals surface area contributed by atoms with E-state index in [4.69, 9.17) is 11.6 Å². The topological polar surface area (TPSA) is 95.6 Å². The van der Waals surface area contributed by atoms with Crippen molar-refractivity contribution in [1.29, 1.82) is 0 Å². The zero-order valence-corrected chi connectivity index (χ0v) is 16.5. The van der Waals surface area contributed by atoms with Gasteiger partial charge < -0.3 is 10.2 Å². The molecule has 9 heteroatoms. The summed E-state index contributed by atoms with van der Waals surface area (Å²) in [6.45, 7) is 0.363. The van der Waals surface area contributed by atoms with E-state index in [1.807, 2.05) is 0 Å². The number of hydrogen-bond acceptors (Lipinski definition) is 4. The lowest BCUT2D eigenvalue weighted by molar-refractivity contribution is -0.136. The molecule has 0 aliphatic carbocycles. The summed E-state index contributed by atoms with van der Waals surface area (Å²) in [6.07, 6.45) is 0.460. The first-order chi connectivity index (χ1) is 14.3. The third kappa shape index (κ3) is 3.66. The van der Waals surface area contributed by atoms with Crippen molar-refractivity contribution >= 4 is 35.2 Å². The molecule has 1 atom stereocenters. The molecule has 0 bridgehead atoms. The lowest BCUT2D eigenvalue weighted by atomic mass is 10.0. The Labute approximate surface area is 176 Å². The highest BCUT2D eigenvalue weighted by Crippen LogP contribution is 2.29. The van der Waals surface area contributed by atoms with E-state index in [1.165, 1.54) is 17.0 Å². The molecule has 7 nitrogen and oxygen atoms in total. The number of fused-ring (bicyclic) bond motifs is 1. The zero-order valence-electron chi connectivity index (χ0n) is 15.7. The second kappa shape index (κ2) is 7.87. The molecule has 154 valence electrons. The van der Waals surface area contributed by atoms with Gasteiger partial charge in [-0.05, 0) is 41.8 Å². The van der Waals surface area contributed by atoms with Gasteiger partial charge in [0, 0.05) is 30.6 Å². The number of rotatable bonds is 4. The van der Waals surface area contributed by atoms with Gasteiger partial charge in [-0.25, -0.2) is 4.39 Å². The van der Waals surface area contributed by atoms with Crippen molar-refractivity contribution in [3.05, 3.63) is 69.5 Å². The van der Waals surface area contributed by atoms with Crippen LogP contribution in [0, 0.1) is 5.82 Å². The number of imide groups is 1. The molecule has 2 N–H and O–H groups in total. The second-order valence-corrected chi connectivity index (χ2v) is 7.56. The summed E-state index contributed by atoms with van der Waals surface area (Å²) in [5, 5.41) is 4.87. The summed E-state index contributed by atoms with van der Waals surface area (Å²) in [6, 6.07) is 8.17. The standard InChI is InChI=1S/C21H17ClFN3O4/c22-15-8-11(4-5-16(15)23)19(28)24-9-12-2-1-3-13-14(12)10-26(21(13)30)17-6-7-18(27)25-20(17)29/h1-5,8,17H,6-7,9-10H2,(H,24,28)(H,25,27,29). The zero-order chi connectivity index (χ0) is 21.4. The molecule has 2 aliphatic rings. The third-order valence-corrected chi connectivity index (χ3v) is 5.59. The summed E-state index contributed by atoms with van der Waals surface area (Å²) in [7, 11) is 0.